The fourth-order valence-electron chi connectivity index (χ4n) is 10.8. The molecule has 0 N–H and O–H groups in total. The molecule has 0 amide bonds. The third kappa shape index (κ3) is 9.33. The number of benzene rings is 6. The number of hydrogen-bond donors (Lipinski definition) is 0. The first-order chi connectivity index (χ1) is 29.6. The van der Waals surface area contributed by atoms with Gasteiger partial charge >= 0.3 is 0 Å². The molecule has 0 spiro atoms. The molecule has 0 saturated carbocycles. The zero-order valence-electron chi connectivity index (χ0n) is 38.1. The van der Waals surface area contributed by atoms with Gasteiger partial charge in [0.05, 0.1) is 10.7 Å². The summed E-state index contributed by atoms with van der Waals surface area (Å²) in [6.07, 6.45) is 9.38. The van der Waals surface area contributed by atoms with Gasteiger partial charge in [-0.15, -0.1) is 46.4 Å². The first-order valence-corrected chi connectivity index (χ1v) is 24.7. The van der Waals surface area contributed by atoms with Crippen molar-refractivity contribution in [2.24, 2.45) is 0 Å². The topological polar surface area (TPSA) is 0 Å². The van der Waals surface area contributed by atoms with Crippen LogP contribution in [0.5, 0.6) is 0 Å². The molecule has 6 aromatic carbocycles. The summed E-state index contributed by atoms with van der Waals surface area (Å²) >= 11 is 19.1. The average molecular weight is 903 g/mol. The summed E-state index contributed by atoms with van der Waals surface area (Å²) in [5.41, 5.74) is 24.6. The zero-order valence-corrected chi connectivity index (χ0v) is 41.2. The van der Waals surface area contributed by atoms with Gasteiger partial charge in [0.2, 0.25) is 0 Å². The number of halogens is 4. The highest BCUT2D eigenvalue weighted by Crippen LogP contribution is 2.49. The summed E-state index contributed by atoms with van der Waals surface area (Å²) in [6.45, 7) is 19.2. The fourth-order valence-corrected chi connectivity index (χ4v) is 10.8. The van der Waals surface area contributed by atoms with Crippen LogP contribution in [0.2, 0.25) is 0 Å². The first kappa shape index (κ1) is 46.5. The Labute approximate surface area is 393 Å². The average Bonchev–Trinajstić information content (AvgIpc) is 3.56. The highest BCUT2D eigenvalue weighted by molar-refractivity contribution is 6.41. The smallest absolute Gasteiger partial charge is 0.0967 e. The monoisotopic (exact) mass is 900 g/mol. The lowest BCUT2D eigenvalue weighted by molar-refractivity contribution is 0.485. The van der Waals surface area contributed by atoms with Gasteiger partial charge in [-0.3, -0.25) is 0 Å². The molecule has 0 aromatic heterocycles. The van der Waals surface area contributed by atoms with Crippen LogP contribution in [-0.4, -0.2) is 10.7 Å². The predicted molar refractivity (Wildman–Crippen MR) is 273 cm³/mol. The van der Waals surface area contributed by atoms with Crippen LogP contribution in [0.1, 0.15) is 126 Å². The summed E-state index contributed by atoms with van der Waals surface area (Å²) in [5, 5.41) is 0.389. The van der Waals surface area contributed by atoms with E-state index in [9.17, 15) is 0 Å². The lowest BCUT2D eigenvalue weighted by Gasteiger charge is -2.25. The standard InChI is InChI=1S/2C28H30.2CH2Cl2/c2*1-27(2)15-13-19-17-24-20(18-23(19)21-9-5-7-11-25(21)27)14-16-28(3,4)26-12-8-6-10-22(24)26;2*2-1-3/h2*5-12,17-18H,13-16H2,1-4H3;2*1H2. The molecular weight excluding hydrogens is 838 g/mol. The van der Waals surface area contributed by atoms with E-state index >= 15 is 0 Å². The van der Waals surface area contributed by atoms with Crippen molar-refractivity contribution >= 4 is 46.4 Å². The highest BCUT2D eigenvalue weighted by atomic mass is 35.5. The first-order valence-electron chi connectivity index (χ1n) is 22.5. The minimum atomic E-state index is 0.194. The van der Waals surface area contributed by atoms with Crippen molar-refractivity contribution in [1.82, 2.24) is 0 Å². The van der Waals surface area contributed by atoms with Gasteiger partial charge in [-0.2, -0.15) is 0 Å². The van der Waals surface area contributed by atoms with E-state index in [1.165, 1.54) is 115 Å². The van der Waals surface area contributed by atoms with Crippen molar-refractivity contribution < 1.29 is 0 Å². The van der Waals surface area contributed by atoms with Gasteiger partial charge in [0.25, 0.3) is 0 Å². The van der Waals surface area contributed by atoms with Gasteiger partial charge in [-0.1, -0.05) is 177 Å². The molecular formula is C58H64Cl4. The molecule has 0 saturated heterocycles. The molecule has 4 heteroatoms. The molecule has 0 unspecified atom stereocenters. The van der Waals surface area contributed by atoms with Crippen molar-refractivity contribution in [2.45, 2.75) is 128 Å². The lowest BCUT2D eigenvalue weighted by atomic mass is 9.79. The Bertz CT molecular complexity index is 2190. The number of aryl methyl sites for hydroxylation is 4. The van der Waals surface area contributed by atoms with E-state index < -0.39 is 0 Å². The second kappa shape index (κ2) is 18.9. The second-order valence-electron chi connectivity index (χ2n) is 20.3. The molecule has 10 rings (SSSR count). The Balaban J connectivity index is 0.000000166. The maximum absolute atomic E-state index is 4.76. The van der Waals surface area contributed by atoms with Gasteiger partial charge in [-0.25, -0.2) is 0 Å². The molecule has 4 aliphatic rings. The van der Waals surface area contributed by atoms with Gasteiger partial charge in [0.15, 0.2) is 0 Å². The van der Waals surface area contributed by atoms with E-state index in [0.29, 0.717) is 0 Å². The van der Waals surface area contributed by atoms with E-state index in [1.54, 1.807) is 0 Å². The van der Waals surface area contributed by atoms with E-state index in [-0.39, 0.29) is 32.3 Å². The quantitative estimate of drug-likeness (QED) is 0.133. The van der Waals surface area contributed by atoms with Crippen LogP contribution < -0.4 is 0 Å². The molecule has 0 radical (unpaired) electrons. The van der Waals surface area contributed by atoms with Crippen LogP contribution in [0.15, 0.2) is 121 Å². The third-order valence-electron chi connectivity index (χ3n) is 14.5. The summed E-state index contributed by atoms with van der Waals surface area (Å²) in [5.74, 6) is 0. The normalized spacial score (nSPS) is 17.5. The lowest BCUT2D eigenvalue weighted by Crippen LogP contribution is -2.17. The Morgan fingerprint density at radius 2 is 0.484 bits per heavy atom. The van der Waals surface area contributed by atoms with E-state index in [1.807, 2.05) is 0 Å². The number of hydrogen-bond acceptors (Lipinski definition) is 0. The molecule has 4 aliphatic carbocycles. The van der Waals surface area contributed by atoms with Gasteiger partial charge in [0, 0.05) is 0 Å². The van der Waals surface area contributed by atoms with Crippen LogP contribution in [0.25, 0.3) is 44.5 Å². The zero-order chi connectivity index (χ0) is 44.5. The summed E-state index contributed by atoms with van der Waals surface area (Å²) in [7, 11) is 0. The van der Waals surface area contributed by atoms with Crippen molar-refractivity contribution in [3.63, 3.8) is 0 Å². The second-order valence-corrected chi connectivity index (χ2v) is 21.9. The van der Waals surface area contributed by atoms with Crippen LogP contribution >= 0.6 is 46.4 Å². The molecule has 0 bridgehead atoms. The number of alkyl halides is 4. The van der Waals surface area contributed by atoms with Crippen LogP contribution in [0, 0.1) is 0 Å². The Morgan fingerprint density at radius 3 is 0.677 bits per heavy atom. The van der Waals surface area contributed by atoms with Crippen LogP contribution in [0.4, 0.5) is 0 Å². The Kier molecular flexibility index (Phi) is 14.2. The van der Waals surface area contributed by atoms with Crippen LogP contribution in [0.3, 0.4) is 0 Å². The Morgan fingerprint density at radius 1 is 0.306 bits per heavy atom. The fraction of sp³-hybridized carbons (Fsp3) is 0.379. The Hall–Kier alpha value is -3.52. The van der Waals surface area contributed by atoms with Gasteiger partial charge < -0.3 is 0 Å². The highest BCUT2D eigenvalue weighted by Gasteiger charge is 2.34. The third-order valence-corrected chi connectivity index (χ3v) is 14.5. The summed E-state index contributed by atoms with van der Waals surface area (Å²) < 4.78 is 0. The summed E-state index contributed by atoms with van der Waals surface area (Å²) in [4.78, 5) is 0. The molecule has 324 valence electrons. The number of fused-ring (bicyclic) bond motifs is 12. The molecule has 0 aliphatic heterocycles. The van der Waals surface area contributed by atoms with Crippen molar-refractivity contribution in [3.05, 3.63) is 166 Å². The maximum Gasteiger partial charge on any atom is 0.0967 e. The molecule has 0 atom stereocenters. The largest absolute Gasteiger partial charge is 0.109 e. The van der Waals surface area contributed by atoms with E-state index in [4.69, 9.17) is 46.4 Å². The SMILES string of the molecule is CC1(C)CCc2cc3c(cc2-c2ccccc21)CCC(C)(C)c1ccccc1-3.CC1(C)CCc2cc3c(cc2-c2ccccc21)CCC(C)(C)c1ccccc1-3.ClCCl.ClCCl. The molecule has 0 heterocycles. The maximum atomic E-state index is 4.76. The molecule has 0 nitrogen and oxygen atoms in total. The van der Waals surface area contributed by atoms with Gasteiger partial charge in [-0.05, 0) is 162 Å². The van der Waals surface area contributed by atoms with Crippen molar-refractivity contribution in [3.8, 4) is 44.5 Å². The molecule has 6 aromatic rings. The molecule has 0 fully saturated rings. The number of rotatable bonds is 0. The molecule has 62 heavy (non-hydrogen) atoms. The summed E-state index contributed by atoms with van der Waals surface area (Å²) in [6, 6.07) is 46.5. The minimum absolute atomic E-state index is 0.194. The predicted octanol–water partition coefficient (Wildman–Crippen LogP) is 17.8. The van der Waals surface area contributed by atoms with Crippen LogP contribution in [-0.2, 0) is 47.3 Å². The minimum Gasteiger partial charge on any atom is -0.109 e. The van der Waals surface area contributed by atoms with E-state index in [2.05, 4.69) is 177 Å². The van der Waals surface area contributed by atoms with E-state index in [0.717, 1.165) is 25.7 Å². The van der Waals surface area contributed by atoms with Crippen molar-refractivity contribution in [1.29, 1.82) is 0 Å². The van der Waals surface area contributed by atoms with Gasteiger partial charge in [0.1, 0.15) is 0 Å². The van der Waals surface area contributed by atoms with Crippen molar-refractivity contribution in [2.75, 3.05) is 10.7 Å².